The number of rotatable bonds is 2. The molecule has 2 heterocycles. The van der Waals surface area contributed by atoms with Gasteiger partial charge in [0.1, 0.15) is 5.56 Å². The van der Waals surface area contributed by atoms with Gasteiger partial charge in [0.25, 0.3) is 11.5 Å². The van der Waals surface area contributed by atoms with E-state index in [4.69, 9.17) is 0 Å². The van der Waals surface area contributed by atoms with E-state index >= 15 is 0 Å². The average molecular weight is 274 g/mol. The molecule has 0 saturated heterocycles. The molecule has 0 saturated carbocycles. The number of nitrogens with one attached hydrogen (secondary N) is 1. The number of carbonyl (C=O) groups is 1. The van der Waals surface area contributed by atoms with Crippen LogP contribution in [-0.2, 0) is 14.1 Å². The zero-order valence-electron chi connectivity index (χ0n) is 11.4. The topological polar surface area (TPSA) is 86.0 Å². The van der Waals surface area contributed by atoms with Crippen LogP contribution in [-0.4, -0.2) is 20.0 Å². The summed E-state index contributed by atoms with van der Waals surface area (Å²) in [6.07, 6.45) is 2.79. The largest absolute Gasteiger partial charge is 0.330 e. The van der Waals surface area contributed by atoms with Gasteiger partial charge < -0.3 is 9.88 Å². The third-order valence-electron chi connectivity index (χ3n) is 2.85. The Kier molecular flexibility index (Phi) is 3.51. The molecule has 104 valence electrons. The molecule has 0 aliphatic carbocycles. The lowest BCUT2D eigenvalue weighted by atomic mass is 10.2. The molecule has 7 nitrogen and oxygen atoms in total. The minimum atomic E-state index is -0.628. The van der Waals surface area contributed by atoms with Gasteiger partial charge in [-0.25, -0.2) is 4.79 Å². The third kappa shape index (κ3) is 2.51. The lowest BCUT2D eigenvalue weighted by Gasteiger charge is -2.08. The average Bonchev–Trinajstić information content (AvgIpc) is 2.40. The quantitative estimate of drug-likeness (QED) is 0.837. The SMILES string of the molecule is Cc1cc(NC(=O)c2cn(C)c(=O)n(C)c2=O)ccn1. The van der Waals surface area contributed by atoms with Gasteiger partial charge in [-0.2, -0.15) is 0 Å². The van der Waals surface area contributed by atoms with Crippen molar-refractivity contribution in [3.05, 3.63) is 56.6 Å². The summed E-state index contributed by atoms with van der Waals surface area (Å²) in [5, 5.41) is 2.61. The second-order valence-corrected chi connectivity index (χ2v) is 4.44. The lowest BCUT2D eigenvalue weighted by Crippen LogP contribution is -2.40. The predicted molar refractivity (Wildman–Crippen MR) is 73.9 cm³/mol. The molecule has 2 rings (SSSR count). The van der Waals surface area contributed by atoms with Crippen LogP contribution in [0.15, 0.2) is 34.1 Å². The molecule has 0 spiro atoms. The van der Waals surface area contributed by atoms with E-state index in [9.17, 15) is 14.4 Å². The molecule has 0 bridgehead atoms. The molecular formula is C13H14N4O3. The van der Waals surface area contributed by atoms with Crippen molar-refractivity contribution >= 4 is 11.6 Å². The van der Waals surface area contributed by atoms with Gasteiger partial charge in [0.2, 0.25) is 0 Å². The van der Waals surface area contributed by atoms with Crippen molar-refractivity contribution in [1.29, 1.82) is 0 Å². The third-order valence-corrected chi connectivity index (χ3v) is 2.85. The normalized spacial score (nSPS) is 10.3. The highest BCUT2D eigenvalue weighted by Gasteiger charge is 2.14. The fraction of sp³-hybridized carbons (Fsp3) is 0.231. The fourth-order valence-electron chi connectivity index (χ4n) is 1.79. The Labute approximate surface area is 114 Å². The summed E-state index contributed by atoms with van der Waals surface area (Å²) < 4.78 is 2.08. The Bertz CT molecular complexity index is 789. The fourth-order valence-corrected chi connectivity index (χ4v) is 1.79. The van der Waals surface area contributed by atoms with Gasteiger partial charge in [-0.05, 0) is 19.1 Å². The highest BCUT2D eigenvalue weighted by Crippen LogP contribution is 2.08. The van der Waals surface area contributed by atoms with Crippen LogP contribution in [0.4, 0.5) is 5.69 Å². The van der Waals surface area contributed by atoms with E-state index in [1.165, 1.54) is 24.9 Å². The first-order chi connectivity index (χ1) is 9.40. The molecule has 20 heavy (non-hydrogen) atoms. The first-order valence-electron chi connectivity index (χ1n) is 5.91. The number of aryl methyl sites for hydroxylation is 2. The molecule has 2 aromatic heterocycles. The van der Waals surface area contributed by atoms with Gasteiger partial charge in [-0.1, -0.05) is 0 Å². The van der Waals surface area contributed by atoms with Crippen LogP contribution in [0.3, 0.4) is 0 Å². The van der Waals surface area contributed by atoms with E-state index in [0.717, 1.165) is 10.3 Å². The number of hydrogen-bond donors (Lipinski definition) is 1. The summed E-state index contributed by atoms with van der Waals surface area (Å²) in [5.41, 5.74) is 0.0846. The van der Waals surface area contributed by atoms with Crippen LogP contribution < -0.4 is 16.6 Å². The molecule has 1 amide bonds. The zero-order valence-corrected chi connectivity index (χ0v) is 11.4. The van der Waals surface area contributed by atoms with Crippen LogP contribution in [0.2, 0.25) is 0 Å². The molecule has 2 aromatic rings. The van der Waals surface area contributed by atoms with E-state index in [0.29, 0.717) is 5.69 Å². The Balaban J connectivity index is 2.40. The van der Waals surface area contributed by atoms with E-state index in [1.807, 2.05) is 0 Å². The van der Waals surface area contributed by atoms with Gasteiger partial charge in [0, 0.05) is 37.9 Å². The highest BCUT2D eigenvalue weighted by atomic mass is 16.2. The Morgan fingerprint density at radius 3 is 2.65 bits per heavy atom. The predicted octanol–water partition coefficient (Wildman–Crippen LogP) is 0.0397. The van der Waals surface area contributed by atoms with Gasteiger partial charge in [-0.3, -0.25) is 19.1 Å². The summed E-state index contributed by atoms with van der Waals surface area (Å²) in [7, 11) is 2.81. The maximum Gasteiger partial charge on any atom is 0.330 e. The molecule has 0 fully saturated rings. The Morgan fingerprint density at radius 1 is 1.30 bits per heavy atom. The van der Waals surface area contributed by atoms with Crippen LogP contribution in [0.1, 0.15) is 16.1 Å². The molecule has 0 radical (unpaired) electrons. The summed E-state index contributed by atoms with van der Waals surface area (Å²) in [5.74, 6) is -0.563. The van der Waals surface area contributed by atoms with Crippen molar-refractivity contribution in [2.24, 2.45) is 14.1 Å². The number of hydrogen-bond acceptors (Lipinski definition) is 4. The summed E-state index contributed by atoms with van der Waals surface area (Å²) >= 11 is 0. The molecule has 1 N–H and O–H groups in total. The van der Waals surface area contributed by atoms with Crippen LogP contribution >= 0.6 is 0 Å². The lowest BCUT2D eigenvalue weighted by molar-refractivity contribution is 0.102. The smallest absolute Gasteiger partial charge is 0.322 e. The second kappa shape index (κ2) is 5.12. The second-order valence-electron chi connectivity index (χ2n) is 4.44. The van der Waals surface area contributed by atoms with Crippen molar-refractivity contribution < 1.29 is 4.79 Å². The number of aromatic nitrogens is 3. The van der Waals surface area contributed by atoms with Crippen molar-refractivity contribution in [3.8, 4) is 0 Å². The molecule has 0 atom stereocenters. The van der Waals surface area contributed by atoms with E-state index in [2.05, 4.69) is 10.3 Å². The number of nitrogens with zero attached hydrogens (tertiary/aromatic N) is 3. The molecule has 0 aromatic carbocycles. The van der Waals surface area contributed by atoms with Crippen molar-refractivity contribution in [3.63, 3.8) is 0 Å². The Morgan fingerprint density at radius 2 is 2.00 bits per heavy atom. The van der Waals surface area contributed by atoms with Crippen LogP contribution in [0.5, 0.6) is 0 Å². The maximum absolute atomic E-state index is 12.1. The minimum absolute atomic E-state index is 0.0935. The monoisotopic (exact) mass is 274 g/mol. The van der Waals surface area contributed by atoms with Gasteiger partial charge in [0.15, 0.2) is 0 Å². The number of amides is 1. The van der Waals surface area contributed by atoms with E-state index < -0.39 is 17.2 Å². The molecule has 0 aliphatic heterocycles. The Hall–Kier alpha value is -2.70. The van der Waals surface area contributed by atoms with Gasteiger partial charge in [-0.15, -0.1) is 0 Å². The molecular weight excluding hydrogens is 260 g/mol. The van der Waals surface area contributed by atoms with E-state index in [-0.39, 0.29) is 5.56 Å². The van der Waals surface area contributed by atoms with Crippen molar-refractivity contribution in [2.45, 2.75) is 6.92 Å². The molecule has 7 heteroatoms. The minimum Gasteiger partial charge on any atom is -0.322 e. The van der Waals surface area contributed by atoms with Gasteiger partial charge in [0.05, 0.1) is 0 Å². The summed E-state index contributed by atoms with van der Waals surface area (Å²) in [6, 6.07) is 3.31. The van der Waals surface area contributed by atoms with Crippen molar-refractivity contribution in [2.75, 3.05) is 5.32 Å². The molecule has 0 aliphatic rings. The summed E-state index contributed by atoms with van der Waals surface area (Å²) in [4.78, 5) is 39.6. The van der Waals surface area contributed by atoms with Crippen molar-refractivity contribution in [1.82, 2.24) is 14.1 Å². The van der Waals surface area contributed by atoms with Crippen LogP contribution in [0, 0.1) is 6.92 Å². The maximum atomic E-state index is 12.1. The van der Waals surface area contributed by atoms with E-state index in [1.54, 1.807) is 25.3 Å². The molecule has 0 unspecified atom stereocenters. The standard InChI is InChI=1S/C13H14N4O3/c1-8-6-9(4-5-14-8)15-11(18)10-7-16(2)13(20)17(3)12(10)19/h4-7H,1-3H3,(H,14,15,18). The van der Waals surface area contributed by atoms with Gasteiger partial charge >= 0.3 is 5.69 Å². The van der Waals surface area contributed by atoms with Crippen LogP contribution in [0.25, 0.3) is 0 Å². The summed E-state index contributed by atoms with van der Waals surface area (Å²) in [6.45, 7) is 1.79. The number of carbonyl (C=O) groups excluding carboxylic acids is 1. The first-order valence-corrected chi connectivity index (χ1v) is 5.91. The number of anilines is 1. The highest BCUT2D eigenvalue weighted by molar-refractivity contribution is 6.03. The zero-order chi connectivity index (χ0) is 14.9. The first kappa shape index (κ1) is 13.7. The number of pyridine rings is 1.